The summed E-state index contributed by atoms with van der Waals surface area (Å²) < 4.78 is 31.8. The fourth-order valence-corrected chi connectivity index (χ4v) is 3.96. The Labute approximate surface area is 174 Å². The fourth-order valence-electron chi connectivity index (χ4n) is 2.32. The van der Waals surface area contributed by atoms with Gasteiger partial charge >= 0.3 is 15.2 Å². The van der Waals surface area contributed by atoms with E-state index in [1.807, 2.05) is 27.7 Å². The molecule has 11 heteroatoms. The molecule has 0 saturated heterocycles. The van der Waals surface area contributed by atoms with Crippen molar-refractivity contribution in [3.05, 3.63) is 0 Å². The van der Waals surface area contributed by atoms with Gasteiger partial charge in [-0.1, -0.05) is 39.5 Å². The van der Waals surface area contributed by atoms with Gasteiger partial charge in [0.1, 0.15) is 0 Å². The minimum absolute atomic E-state index is 0. The van der Waals surface area contributed by atoms with Gasteiger partial charge in [-0.15, -0.1) is 0 Å². The Morgan fingerprint density at radius 3 is 1.19 bits per heavy atom. The smallest absolute Gasteiger partial charge is 0.328 e. The molecule has 0 rings (SSSR count). The molecule has 0 fully saturated rings. The molecule has 2 unspecified atom stereocenters. The molecule has 169 valence electrons. The van der Waals surface area contributed by atoms with Gasteiger partial charge in [0, 0.05) is 30.0 Å². The van der Waals surface area contributed by atoms with Gasteiger partial charge in [0.25, 0.3) is 0 Å². The Morgan fingerprint density at radius 2 is 1.00 bits per heavy atom. The van der Waals surface area contributed by atoms with Crippen molar-refractivity contribution in [2.45, 2.75) is 78.4 Å². The summed E-state index contributed by atoms with van der Waals surface area (Å²) in [5.74, 6) is 0. The Morgan fingerprint density at radius 1 is 0.704 bits per heavy atom. The van der Waals surface area contributed by atoms with E-state index in [9.17, 15) is 9.13 Å². The van der Waals surface area contributed by atoms with Gasteiger partial charge in [0.2, 0.25) is 0 Å². The molecule has 0 spiro atoms. The summed E-state index contributed by atoms with van der Waals surface area (Å²) in [4.78, 5) is 35.0. The van der Waals surface area contributed by atoms with Crippen LogP contribution in [-0.2, 0) is 35.4 Å². The monoisotopic (exact) mass is 479 g/mol. The SMILES string of the molecule is CCCCC(CP(=O)(O)O)OCC.CCCCC(CP(=O)(O)O)OCC.[Co]. The third-order valence-electron chi connectivity index (χ3n) is 3.45. The van der Waals surface area contributed by atoms with Gasteiger partial charge in [-0.3, -0.25) is 9.13 Å². The van der Waals surface area contributed by atoms with Gasteiger partial charge < -0.3 is 29.0 Å². The molecule has 0 aromatic carbocycles. The molecule has 0 aromatic heterocycles. The van der Waals surface area contributed by atoms with Crippen LogP contribution in [0, 0.1) is 0 Å². The van der Waals surface area contributed by atoms with Crippen LogP contribution >= 0.6 is 15.2 Å². The molecular formula is C16H38CoO8P2. The van der Waals surface area contributed by atoms with E-state index in [4.69, 9.17) is 29.0 Å². The molecule has 8 nitrogen and oxygen atoms in total. The summed E-state index contributed by atoms with van der Waals surface area (Å²) in [6.07, 6.45) is 4.52. The van der Waals surface area contributed by atoms with Crippen LogP contribution in [0.2, 0.25) is 0 Å². The number of rotatable bonds is 14. The van der Waals surface area contributed by atoms with Crippen LogP contribution in [0.3, 0.4) is 0 Å². The summed E-state index contributed by atoms with van der Waals surface area (Å²) in [6, 6.07) is 0. The topological polar surface area (TPSA) is 134 Å². The number of hydrogen-bond acceptors (Lipinski definition) is 4. The number of unbranched alkanes of at least 4 members (excludes halogenated alkanes) is 2. The average Bonchev–Trinajstić information content (AvgIpc) is 2.48. The predicted molar refractivity (Wildman–Crippen MR) is 104 cm³/mol. The normalized spacial score (nSPS) is 13.9. The summed E-state index contributed by atoms with van der Waals surface area (Å²) in [7, 11) is -7.83. The van der Waals surface area contributed by atoms with Crippen LogP contribution in [0.5, 0.6) is 0 Å². The number of hydrogen-bond donors (Lipinski definition) is 4. The van der Waals surface area contributed by atoms with Crippen LogP contribution in [0.4, 0.5) is 0 Å². The van der Waals surface area contributed by atoms with Gasteiger partial charge in [0.15, 0.2) is 0 Å². The van der Waals surface area contributed by atoms with Crippen molar-refractivity contribution in [1.82, 2.24) is 0 Å². The van der Waals surface area contributed by atoms with Crippen molar-refractivity contribution < 1.29 is 55.0 Å². The largest absolute Gasteiger partial charge is 0.378 e. The van der Waals surface area contributed by atoms with Crippen molar-refractivity contribution in [2.24, 2.45) is 0 Å². The Balaban J connectivity index is -0.000000411. The first-order chi connectivity index (χ1) is 12.0. The third kappa shape index (κ3) is 26.7. The van der Waals surface area contributed by atoms with E-state index < -0.39 is 15.2 Å². The molecule has 2 atom stereocenters. The molecule has 0 saturated carbocycles. The van der Waals surface area contributed by atoms with E-state index in [0.717, 1.165) is 38.5 Å². The second-order valence-electron chi connectivity index (χ2n) is 6.13. The van der Waals surface area contributed by atoms with Gasteiger partial charge in [-0.05, 0) is 26.7 Å². The van der Waals surface area contributed by atoms with Crippen LogP contribution in [0.15, 0.2) is 0 Å². The first kappa shape index (κ1) is 32.4. The molecule has 0 heterocycles. The van der Waals surface area contributed by atoms with Crippen LogP contribution in [0.1, 0.15) is 66.2 Å². The van der Waals surface area contributed by atoms with E-state index in [0.29, 0.717) is 13.2 Å². The Bertz CT molecular complexity index is 375. The van der Waals surface area contributed by atoms with Crippen LogP contribution < -0.4 is 0 Å². The summed E-state index contributed by atoms with van der Waals surface area (Å²) >= 11 is 0. The van der Waals surface area contributed by atoms with E-state index >= 15 is 0 Å². The van der Waals surface area contributed by atoms with Crippen molar-refractivity contribution in [3.63, 3.8) is 0 Å². The summed E-state index contributed by atoms with van der Waals surface area (Å²) in [6.45, 7) is 8.76. The second-order valence-corrected chi connectivity index (χ2v) is 9.52. The van der Waals surface area contributed by atoms with Crippen molar-refractivity contribution in [2.75, 3.05) is 25.5 Å². The Hall–Kier alpha value is 0.726. The number of ether oxygens (including phenoxy) is 2. The maximum absolute atomic E-state index is 10.7. The van der Waals surface area contributed by atoms with E-state index in [2.05, 4.69) is 0 Å². The van der Waals surface area contributed by atoms with Crippen LogP contribution in [0.25, 0.3) is 0 Å². The average molecular weight is 479 g/mol. The van der Waals surface area contributed by atoms with Gasteiger partial charge in [-0.25, -0.2) is 0 Å². The molecule has 0 aliphatic carbocycles. The van der Waals surface area contributed by atoms with Gasteiger partial charge in [-0.2, -0.15) is 0 Å². The molecular weight excluding hydrogens is 441 g/mol. The molecule has 0 aliphatic heterocycles. The quantitative estimate of drug-likeness (QED) is 0.278. The standard InChI is InChI=1S/2C8H19O4P.Co/c2*1-3-5-6-8(12-4-2)7-13(9,10)11;/h2*8H,3-7H2,1-2H3,(H2,9,10,11);. The molecule has 1 radical (unpaired) electrons. The van der Waals surface area contributed by atoms with E-state index in [1.165, 1.54) is 0 Å². The molecule has 27 heavy (non-hydrogen) atoms. The molecule has 0 amide bonds. The van der Waals surface area contributed by atoms with E-state index in [-0.39, 0.29) is 41.3 Å². The first-order valence-corrected chi connectivity index (χ1v) is 12.9. The predicted octanol–water partition coefficient (Wildman–Crippen LogP) is 3.52. The fraction of sp³-hybridized carbons (Fsp3) is 1.00. The zero-order chi connectivity index (χ0) is 20.6. The minimum Gasteiger partial charge on any atom is -0.378 e. The van der Waals surface area contributed by atoms with E-state index in [1.54, 1.807) is 0 Å². The van der Waals surface area contributed by atoms with Crippen LogP contribution in [-0.4, -0.2) is 57.3 Å². The molecule has 0 aromatic rings. The van der Waals surface area contributed by atoms with Crippen molar-refractivity contribution >= 4 is 15.2 Å². The summed E-state index contributed by atoms with van der Waals surface area (Å²) in [5.41, 5.74) is 0. The Kier molecular flexibility index (Phi) is 22.5. The first-order valence-electron chi connectivity index (χ1n) is 9.31. The maximum atomic E-state index is 10.7. The minimum atomic E-state index is -3.92. The molecule has 4 N–H and O–H groups in total. The summed E-state index contributed by atoms with van der Waals surface area (Å²) in [5, 5.41) is 0. The van der Waals surface area contributed by atoms with Gasteiger partial charge in [0.05, 0.1) is 24.5 Å². The molecule has 0 aliphatic rings. The zero-order valence-corrected chi connectivity index (χ0v) is 19.7. The zero-order valence-electron chi connectivity index (χ0n) is 16.9. The molecule has 0 bridgehead atoms. The van der Waals surface area contributed by atoms with Crippen molar-refractivity contribution in [1.29, 1.82) is 0 Å². The van der Waals surface area contributed by atoms with Crippen molar-refractivity contribution in [3.8, 4) is 0 Å². The third-order valence-corrected chi connectivity index (χ3v) is 5.21. The maximum Gasteiger partial charge on any atom is 0.328 e. The second kappa shape index (κ2) is 18.7.